The number of halogens is 1. The van der Waals surface area contributed by atoms with E-state index in [0.717, 1.165) is 17.7 Å². The first kappa shape index (κ1) is 17.7. The predicted octanol–water partition coefficient (Wildman–Crippen LogP) is 1.79. The van der Waals surface area contributed by atoms with Gasteiger partial charge in [0.15, 0.2) is 0 Å². The summed E-state index contributed by atoms with van der Waals surface area (Å²) in [5.41, 5.74) is 0.567. The molecule has 134 valence electrons. The number of nitrogens with zero attached hydrogens (tertiary/aromatic N) is 2. The van der Waals surface area contributed by atoms with E-state index in [2.05, 4.69) is 5.32 Å². The molecule has 1 aromatic rings. The molecule has 2 aliphatic rings. The van der Waals surface area contributed by atoms with E-state index >= 15 is 0 Å². The van der Waals surface area contributed by atoms with E-state index < -0.39 is 18.0 Å². The lowest BCUT2D eigenvalue weighted by molar-refractivity contribution is -0.132. The van der Waals surface area contributed by atoms with Crippen molar-refractivity contribution in [3.8, 4) is 0 Å². The first-order chi connectivity index (χ1) is 12.0. The molecular weight excluding hydrogens is 346 g/mol. The first-order valence-electron chi connectivity index (χ1n) is 8.26. The summed E-state index contributed by atoms with van der Waals surface area (Å²) in [4.78, 5) is 39.4. The molecule has 2 saturated heterocycles. The Morgan fingerprint density at radius 1 is 1.32 bits per heavy atom. The Kier molecular flexibility index (Phi) is 5.24. The number of rotatable bonds is 5. The molecule has 1 N–H and O–H groups in total. The van der Waals surface area contributed by atoms with E-state index in [0.29, 0.717) is 23.9 Å². The molecule has 0 unspecified atom stereocenters. The van der Waals surface area contributed by atoms with Crippen molar-refractivity contribution in [2.45, 2.75) is 31.9 Å². The second-order valence-electron chi connectivity index (χ2n) is 6.17. The van der Waals surface area contributed by atoms with Gasteiger partial charge in [0.05, 0.1) is 6.10 Å². The Labute approximate surface area is 150 Å². The summed E-state index contributed by atoms with van der Waals surface area (Å²) in [6.45, 7) is 2.45. The minimum Gasteiger partial charge on any atom is -0.376 e. The normalized spacial score (nSPS) is 23.4. The molecule has 2 aliphatic heterocycles. The van der Waals surface area contributed by atoms with Crippen LogP contribution in [0, 0.1) is 0 Å². The molecule has 25 heavy (non-hydrogen) atoms. The number of anilines is 1. The van der Waals surface area contributed by atoms with E-state index in [-0.39, 0.29) is 18.6 Å². The number of nitrogens with one attached hydrogen (secondary N) is 1. The van der Waals surface area contributed by atoms with Gasteiger partial charge in [0.2, 0.25) is 5.91 Å². The number of hydrogen-bond acceptors (Lipinski definition) is 4. The minimum absolute atomic E-state index is 0.0124. The number of imide groups is 1. The molecule has 4 amide bonds. The highest BCUT2D eigenvalue weighted by atomic mass is 35.5. The van der Waals surface area contributed by atoms with Gasteiger partial charge in [-0.1, -0.05) is 11.6 Å². The lowest BCUT2D eigenvalue weighted by Gasteiger charge is -2.19. The van der Waals surface area contributed by atoms with Gasteiger partial charge >= 0.3 is 6.03 Å². The average Bonchev–Trinajstić information content (AvgIpc) is 3.18. The fourth-order valence-corrected chi connectivity index (χ4v) is 3.17. The van der Waals surface area contributed by atoms with E-state index in [1.54, 1.807) is 31.2 Å². The Morgan fingerprint density at radius 3 is 2.68 bits per heavy atom. The van der Waals surface area contributed by atoms with Gasteiger partial charge in [-0.05, 0) is 44.0 Å². The summed E-state index contributed by atoms with van der Waals surface area (Å²) in [6.07, 6.45) is 1.90. The zero-order chi connectivity index (χ0) is 18.0. The van der Waals surface area contributed by atoms with E-state index in [1.165, 1.54) is 4.90 Å². The van der Waals surface area contributed by atoms with E-state index in [4.69, 9.17) is 16.3 Å². The van der Waals surface area contributed by atoms with Crippen LogP contribution >= 0.6 is 11.6 Å². The van der Waals surface area contributed by atoms with E-state index in [1.807, 2.05) is 0 Å². The third kappa shape index (κ3) is 3.77. The lowest BCUT2D eigenvalue weighted by atomic mass is 10.2. The van der Waals surface area contributed by atoms with Crippen LogP contribution in [-0.2, 0) is 14.3 Å². The van der Waals surface area contributed by atoms with Gasteiger partial charge in [0.1, 0.15) is 12.6 Å². The van der Waals surface area contributed by atoms with Crippen LogP contribution in [-0.4, -0.2) is 54.6 Å². The number of benzene rings is 1. The molecule has 0 bridgehead atoms. The maximum Gasteiger partial charge on any atom is 0.332 e. The first-order valence-corrected chi connectivity index (χ1v) is 8.63. The van der Waals surface area contributed by atoms with Crippen molar-refractivity contribution < 1.29 is 19.1 Å². The van der Waals surface area contributed by atoms with E-state index in [9.17, 15) is 14.4 Å². The van der Waals surface area contributed by atoms with Crippen LogP contribution in [0.3, 0.4) is 0 Å². The SMILES string of the molecule is C[C@H]1C(=O)N(CC(=O)NC[C@@H]2CCCO2)C(=O)N1c1ccc(Cl)cc1. The van der Waals surface area contributed by atoms with Crippen LogP contribution in [0.1, 0.15) is 19.8 Å². The molecule has 2 atom stereocenters. The van der Waals surface area contributed by atoms with Crippen molar-refractivity contribution in [3.63, 3.8) is 0 Å². The zero-order valence-corrected chi connectivity index (χ0v) is 14.7. The maximum atomic E-state index is 12.6. The van der Waals surface area contributed by atoms with Gasteiger partial charge in [-0.3, -0.25) is 19.4 Å². The number of carbonyl (C=O) groups is 3. The van der Waals surface area contributed by atoms with Crippen LogP contribution in [0.2, 0.25) is 5.02 Å². The summed E-state index contributed by atoms with van der Waals surface area (Å²) in [7, 11) is 0. The Morgan fingerprint density at radius 2 is 2.04 bits per heavy atom. The second kappa shape index (κ2) is 7.41. The molecule has 2 heterocycles. The second-order valence-corrected chi connectivity index (χ2v) is 6.60. The third-order valence-corrected chi connectivity index (χ3v) is 4.66. The third-order valence-electron chi connectivity index (χ3n) is 4.41. The summed E-state index contributed by atoms with van der Waals surface area (Å²) in [5.74, 6) is -0.769. The van der Waals surface area contributed by atoms with Gasteiger partial charge in [-0.15, -0.1) is 0 Å². The highest BCUT2D eigenvalue weighted by Gasteiger charge is 2.44. The maximum absolute atomic E-state index is 12.6. The zero-order valence-electron chi connectivity index (χ0n) is 13.9. The standard InChI is InChI=1S/C17H20ClN3O4/c1-11-16(23)20(10-15(22)19-9-14-3-2-8-25-14)17(24)21(11)13-6-4-12(18)5-7-13/h4-7,11,14H,2-3,8-10H2,1H3,(H,19,22)/t11-,14-/m0/s1. The van der Waals surface area contributed by atoms with Gasteiger partial charge in [0.25, 0.3) is 5.91 Å². The van der Waals surface area contributed by atoms with Crippen LogP contribution in [0.15, 0.2) is 24.3 Å². The molecule has 0 radical (unpaired) electrons. The fraction of sp³-hybridized carbons (Fsp3) is 0.471. The minimum atomic E-state index is -0.667. The largest absolute Gasteiger partial charge is 0.376 e. The molecule has 0 spiro atoms. The molecule has 2 fully saturated rings. The number of urea groups is 1. The molecular formula is C17H20ClN3O4. The number of ether oxygens (including phenoxy) is 1. The Bertz CT molecular complexity index is 673. The summed E-state index contributed by atoms with van der Waals surface area (Å²) < 4.78 is 5.44. The number of carbonyl (C=O) groups excluding carboxylic acids is 3. The summed E-state index contributed by atoms with van der Waals surface area (Å²) in [6, 6.07) is 5.47. The van der Waals surface area contributed by atoms with Crippen LogP contribution < -0.4 is 10.2 Å². The molecule has 3 rings (SSSR count). The van der Waals surface area contributed by atoms with Gasteiger partial charge in [0, 0.05) is 23.9 Å². The molecule has 7 nitrogen and oxygen atoms in total. The molecule has 0 aromatic heterocycles. The highest BCUT2D eigenvalue weighted by Crippen LogP contribution is 2.26. The molecule has 1 aromatic carbocycles. The van der Waals surface area contributed by atoms with Crippen molar-refractivity contribution in [3.05, 3.63) is 29.3 Å². The van der Waals surface area contributed by atoms with Gasteiger partial charge < -0.3 is 10.1 Å². The van der Waals surface area contributed by atoms with Crippen molar-refractivity contribution >= 4 is 35.1 Å². The van der Waals surface area contributed by atoms with Crippen LogP contribution in [0.25, 0.3) is 0 Å². The highest BCUT2D eigenvalue weighted by molar-refractivity contribution is 6.30. The fourth-order valence-electron chi connectivity index (χ4n) is 3.04. The van der Waals surface area contributed by atoms with Gasteiger partial charge in [-0.25, -0.2) is 4.79 Å². The van der Waals surface area contributed by atoms with Crippen molar-refractivity contribution in [1.82, 2.24) is 10.2 Å². The number of hydrogen-bond donors (Lipinski definition) is 1. The van der Waals surface area contributed by atoms with Crippen molar-refractivity contribution in [2.24, 2.45) is 0 Å². The average molecular weight is 366 g/mol. The van der Waals surface area contributed by atoms with Gasteiger partial charge in [-0.2, -0.15) is 0 Å². The van der Waals surface area contributed by atoms with Crippen LogP contribution in [0.4, 0.5) is 10.5 Å². The Hall–Kier alpha value is -2.12. The molecule has 0 aliphatic carbocycles. The van der Waals surface area contributed by atoms with Crippen LogP contribution in [0.5, 0.6) is 0 Å². The monoisotopic (exact) mass is 365 g/mol. The van der Waals surface area contributed by atoms with Crippen molar-refractivity contribution in [1.29, 1.82) is 0 Å². The van der Waals surface area contributed by atoms with Crippen molar-refractivity contribution in [2.75, 3.05) is 24.6 Å². The molecule has 0 saturated carbocycles. The smallest absolute Gasteiger partial charge is 0.332 e. The predicted molar refractivity (Wildman–Crippen MR) is 92.5 cm³/mol. The molecule has 8 heteroatoms. The topological polar surface area (TPSA) is 79.0 Å². The quantitative estimate of drug-likeness (QED) is 0.807. The summed E-state index contributed by atoms with van der Waals surface area (Å²) in [5, 5.41) is 3.26. The number of amides is 4. The lowest BCUT2D eigenvalue weighted by Crippen LogP contribution is -2.43. The summed E-state index contributed by atoms with van der Waals surface area (Å²) >= 11 is 5.86. The Balaban J connectivity index is 1.63.